The number of hydrogen-bond acceptors (Lipinski definition) is 4. The Morgan fingerprint density at radius 3 is 2.93 bits per heavy atom. The van der Waals surface area contributed by atoms with Crippen LogP contribution in [0.15, 0.2) is 12.2 Å². The largest absolute Gasteiger partial charge is 0.463 e. The van der Waals surface area contributed by atoms with E-state index in [0.717, 1.165) is 6.08 Å². The standard InChI is InChI=1S/C10H14O4/c1-2-14-9(12)5-7-10(13)6-3-4-8(10)11/h5,7,13H,2-4,6H2,1H3/b7-5+/t10-/m1/s1. The average Bonchev–Trinajstić information content (AvgIpc) is 2.46. The third-order valence-electron chi connectivity index (χ3n) is 2.23. The van der Waals surface area contributed by atoms with E-state index in [2.05, 4.69) is 4.74 Å². The van der Waals surface area contributed by atoms with Gasteiger partial charge in [-0.05, 0) is 25.8 Å². The van der Waals surface area contributed by atoms with Gasteiger partial charge in [-0.25, -0.2) is 4.79 Å². The van der Waals surface area contributed by atoms with E-state index in [1.165, 1.54) is 6.08 Å². The third kappa shape index (κ3) is 2.42. The number of ketones is 1. The molecule has 78 valence electrons. The minimum Gasteiger partial charge on any atom is -0.463 e. The summed E-state index contributed by atoms with van der Waals surface area (Å²) in [5, 5.41) is 9.73. The van der Waals surface area contributed by atoms with Gasteiger partial charge in [-0.15, -0.1) is 0 Å². The quantitative estimate of drug-likeness (QED) is 0.532. The Labute approximate surface area is 82.6 Å². The van der Waals surface area contributed by atoms with Crippen molar-refractivity contribution in [1.82, 2.24) is 0 Å². The molecule has 14 heavy (non-hydrogen) atoms. The fourth-order valence-corrected chi connectivity index (χ4v) is 1.45. The minimum atomic E-state index is -1.44. The summed E-state index contributed by atoms with van der Waals surface area (Å²) in [7, 11) is 0. The highest BCUT2D eigenvalue weighted by atomic mass is 16.5. The van der Waals surface area contributed by atoms with Crippen molar-refractivity contribution in [3.8, 4) is 0 Å². The number of carbonyl (C=O) groups excluding carboxylic acids is 2. The molecule has 1 atom stereocenters. The maximum absolute atomic E-state index is 11.2. The van der Waals surface area contributed by atoms with Crippen molar-refractivity contribution in [2.45, 2.75) is 31.8 Å². The van der Waals surface area contributed by atoms with Gasteiger partial charge in [0, 0.05) is 12.5 Å². The molecule has 1 aliphatic carbocycles. The molecule has 0 unspecified atom stereocenters. The van der Waals surface area contributed by atoms with Crippen molar-refractivity contribution in [3.63, 3.8) is 0 Å². The maximum atomic E-state index is 11.2. The van der Waals surface area contributed by atoms with Crippen molar-refractivity contribution in [3.05, 3.63) is 12.2 Å². The highest BCUT2D eigenvalue weighted by Crippen LogP contribution is 2.27. The number of hydrogen-bond donors (Lipinski definition) is 1. The summed E-state index contributed by atoms with van der Waals surface area (Å²) in [5.41, 5.74) is -1.44. The van der Waals surface area contributed by atoms with E-state index in [1.807, 2.05) is 0 Å². The molecule has 0 amide bonds. The highest BCUT2D eigenvalue weighted by molar-refractivity contribution is 5.92. The Morgan fingerprint density at radius 1 is 1.71 bits per heavy atom. The van der Waals surface area contributed by atoms with Crippen LogP contribution in [-0.2, 0) is 14.3 Å². The van der Waals surface area contributed by atoms with Gasteiger partial charge in [0.05, 0.1) is 6.61 Å². The van der Waals surface area contributed by atoms with E-state index in [9.17, 15) is 14.7 Å². The van der Waals surface area contributed by atoms with E-state index >= 15 is 0 Å². The van der Waals surface area contributed by atoms with Crippen molar-refractivity contribution in [2.75, 3.05) is 6.61 Å². The van der Waals surface area contributed by atoms with Gasteiger partial charge < -0.3 is 9.84 Å². The van der Waals surface area contributed by atoms with Crippen LogP contribution in [0.1, 0.15) is 26.2 Å². The molecule has 0 radical (unpaired) electrons. The molecule has 0 bridgehead atoms. The number of rotatable bonds is 3. The first-order chi connectivity index (χ1) is 6.58. The summed E-state index contributed by atoms with van der Waals surface area (Å²) in [6.07, 6.45) is 3.79. The predicted octanol–water partition coefficient (Wildman–Crippen LogP) is 0.590. The minimum absolute atomic E-state index is 0.224. The molecule has 0 heterocycles. The van der Waals surface area contributed by atoms with Gasteiger partial charge in [0.1, 0.15) is 5.60 Å². The molecule has 0 spiro atoms. The van der Waals surface area contributed by atoms with Gasteiger partial charge in [0.25, 0.3) is 0 Å². The second kappa shape index (κ2) is 4.37. The summed E-state index contributed by atoms with van der Waals surface area (Å²) >= 11 is 0. The topological polar surface area (TPSA) is 63.6 Å². The molecule has 4 heteroatoms. The fourth-order valence-electron chi connectivity index (χ4n) is 1.45. The SMILES string of the molecule is CCOC(=O)/C=C/[C@]1(O)CCCC1=O. The molecule has 0 aromatic carbocycles. The summed E-state index contributed by atoms with van der Waals surface area (Å²) in [5.74, 6) is -0.751. The molecule has 1 rings (SSSR count). The molecular weight excluding hydrogens is 184 g/mol. The fraction of sp³-hybridized carbons (Fsp3) is 0.600. The lowest BCUT2D eigenvalue weighted by Gasteiger charge is -2.14. The van der Waals surface area contributed by atoms with Crippen molar-refractivity contribution in [1.29, 1.82) is 0 Å². The lowest BCUT2D eigenvalue weighted by Crippen LogP contribution is -2.30. The normalized spacial score (nSPS) is 27.1. The van der Waals surface area contributed by atoms with E-state index in [4.69, 9.17) is 0 Å². The van der Waals surface area contributed by atoms with Crippen molar-refractivity contribution >= 4 is 11.8 Å². The lowest BCUT2D eigenvalue weighted by molar-refractivity contribution is -0.137. The predicted molar refractivity (Wildman–Crippen MR) is 49.6 cm³/mol. The molecular formula is C10H14O4. The summed E-state index contributed by atoms with van der Waals surface area (Å²) < 4.78 is 4.63. The first kappa shape index (κ1) is 10.9. The van der Waals surface area contributed by atoms with Gasteiger partial charge >= 0.3 is 5.97 Å². The Balaban J connectivity index is 2.58. The highest BCUT2D eigenvalue weighted by Gasteiger charge is 2.37. The number of aliphatic hydroxyl groups is 1. The molecule has 0 aromatic rings. The number of ether oxygens (including phenoxy) is 1. The zero-order valence-electron chi connectivity index (χ0n) is 8.16. The molecule has 0 saturated heterocycles. The van der Waals surface area contributed by atoms with E-state index < -0.39 is 11.6 Å². The van der Waals surface area contributed by atoms with Crippen LogP contribution in [0.25, 0.3) is 0 Å². The average molecular weight is 198 g/mol. The second-order valence-electron chi connectivity index (χ2n) is 3.29. The zero-order chi connectivity index (χ0) is 10.6. The Bertz CT molecular complexity index is 269. The molecule has 1 N–H and O–H groups in total. The number of esters is 1. The number of Topliss-reactive ketones (excluding diaryl/α,β-unsaturated/α-hetero) is 1. The van der Waals surface area contributed by atoms with Crippen LogP contribution in [0.3, 0.4) is 0 Å². The van der Waals surface area contributed by atoms with Crippen molar-refractivity contribution < 1.29 is 19.4 Å². The smallest absolute Gasteiger partial charge is 0.330 e. The maximum Gasteiger partial charge on any atom is 0.330 e. The van der Waals surface area contributed by atoms with Crippen LogP contribution in [0, 0.1) is 0 Å². The Kier molecular flexibility index (Phi) is 3.41. The van der Waals surface area contributed by atoms with E-state index in [-0.39, 0.29) is 12.4 Å². The first-order valence-corrected chi connectivity index (χ1v) is 4.70. The van der Waals surface area contributed by atoms with Crippen LogP contribution in [0.4, 0.5) is 0 Å². The number of carbonyl (C=O) groups is 2. The monoisotopic (exact) mass is 198 g/mol. The lowest BCUT2D eigenvalue weighted by atomic mass is 10.0. The molecule has 0 aromatic heterocycles. The van der Waals surface area contributed by atoms with E-state index in [1.54, 1.807) is 6.92 Å². The van der Waals surface area contributed by atoms with Gasteiger partial charge in [-0.2, -0.15) is 0 Å². The molecule has 1 fully saturated rings. The first-order valence-electron chi connectivity index (χ1n) is 4.70. The molecule has 1 saturated carbocycles. The van der Waals surface area contributed by atoms with Crippen LogP contribution in [-0.4, -0.2) is 29.1 Å². The summed E-state index contributed by atoms with van der Waals surface area (Å²) in [4.78, 5) is 22.1. The van der Waals surface area contributed by atoms with Crippen LogP contribution >= 0.6 is 0 Å². The van der Waals surface area contributed by atoms with Gasteiger partial charge in [-0.1, -0.05) is 0 Å². The molecule has 0 aliphatic heterocycles. The molecule has 1 aliphatic rings. The van der Waals surface area contributed by atoms with Gasteiger partial charge in [0.2, 0.25) is 0 Å². The second-order valence-corrected chi connectivity index (χ2v) is 3.29. The third-order valence-corrected chi connectivity index (χ3v) is 2.23. The van der Waals surface area contributed by atoms with Crippen LogP contribution in [0.5, 0.6) is 0 Å². The van der Waals surface area contributed by atoms with Gasteiger partial charge in [0.15, 0.2) is 5.78 Å². The Hall–Kier alpha value is -1.16. The van der Waals surface area contributed by atoms with Gasteiger partial charge in [-0.3, -0.25) is 4.79 Å². The molecule has 4 nitrogen and oxygen atoms in total. The summed E-state index contributed by atoms with van der Waals surface area (Å²) in [6, 6.07) is 0. The summed E-state index contributed by atoms with van der Waals surface area (Å²) in [6.45, 7) is 1.98. The Morgan fingerprint density at radius 2 is 2.43 bits per heavy atom. The van der Waals surface area contributed by atoms with Crippen molar-refractivity contribution in [2.24, 2.45) is 0 Å². The van der Waals surface area contributed by atoms with E-state index in [0.29, 0.717) is 19.3 Å². The van der Waals surface area contributed by atoms with Crippen LogP contribution < -0.4 is 0 Å². The van der Waals surface area contributed by atoms with Crippen LogP contribution in [0.2, 0.25) is 0 Å². The zero-order valence-corrected chi connectivity index (χ0v) is 8.16.